The molecule has 4 aliphatic carbocycles. The Balaban J connectivity index is 2.20. The van der Waals surface area contributed by atoms with Crippen LogP contribution in [0.1, 0.15) is 13.3 Å². The lowest BCUT2D eigenvalue weighted by molar-refractivity contribution is -0.137. The number of rotatable bonds is 1. The van der Waals surface area contributed by atoms with Gasteiger partial charge in [0.05, 0.1) is 7.11 Å². The second-order valence-electron chi connectivity index (χ2n) is 5.42. The molecular formula is C14H15BrO3. The number of fused-ring (bicyclic) bond motifs is 1. The average molecular weight is 311 g/mol. The van der Waals surface area contributed by atoms with Crippen molar-refractivity contribution in [3.8, 4) is 0 Å². The van der Waals surface area contributed by atoms with Crippen LogP contribution < -0.4 is 0 Å². The molecule has 0 radical (unpaired) electrons. The molecule has 0 amide bonds. The lowest BCUT2D eigenvalue weighted by Gasteiger charge is -2.30. The van der Waals surface area contributed by atoms with Gasteiger partial charge in [0, 0.05) is 27.8 Å². The Kier molecular flexibility index (Phi) is 2.56. The summed E-state index contributed by atoms with van der Waals surface area (Å²) in [6.45, 7) is 5.85. The van der Waals surface area contributed by atoms with E-state index >= 15 is 0 Å². The van der Waals surface area contributed by atoms with Gasteiger partial charge in [0.15, 0.2) is 5.78 Å². The maximum Gasteiger partial charge on any atom is 0.334 e. The van der Waals surface area contributed by atoms with Crippen molar-refractivity contribution >= 4 is 27.7 Å². The molecule has 4 rings (SSSR count). The van der Waals surface area contributed by atoms with Crippen molar-refractivity contribution in [1.82, 2.24) is 0 Å². The number of Topliss-reactive ketones (excluding diaryl/α,β-unsaturated/α-hetero) is 1. The van der Waals surface area contributed by atoms with Crippen molar-refractivity contribution in [3.63, 3.8) is 0 Å². The Morgan fingerprint density at radius 2 is 2.17 bits per heavy atom. The minimum atomic E-state index is -0.365. The Morgan fingerprint density at radius 1 is 1.50 bits per heavy atom. The van der Waals surface area contributed by atoms with E-state index in [1.54, 1.807) is 6.92 Å². The highest BCUT2D eigenvalue weighted by molar-refractivity contribution is 9.09. The summed E-state index contributed by atoms with van der Waals surface area (Å²) in [4.78, 5) is 24.7. The minimum absolute atomic E-state index is 0.0534. The van der Waals surface area contributed by atoms with Crippen LogP contribution >= 0.6 is 15.9 Å². The van der Waals surface area contributed by atoms with Crippen LogP contribution in [0.25, 0.3) is 0 Å². The molecule has 0 N–H and O–H groups in total. The average Bonchev–Trinajstić information content (AvgIpc) is 2.80. The third-order valence-electron chi connectivity index (χ3n) is 4.81. The number of esters is 1. The van der Waals surface area contributed by atoms with Gasteiger partial charge in [-0.25, -0.2) is 4.79 Å². The number of allylic oxidation sites excluding steroid dienone is 2. The van der Waals surface area contributed by atoms with Gasteiger partial charge in [0.2, 0.25) is 0 Å². The number of hydrogen-bond acceptors (Lipinski definition) is 3. The van der Waals surface area contributed by atoms with Gasteiger partial charge in [-0.2, -0.15) is 0 Å². The number of alkyl halides is 1. The molecule has 5 atom stereocenters. The molecule has 0 saturated heterocycles. The van der Waals surface area contributed by atoms with E-state index in [1.165, 1.54) is 7.11 Å². The van der Waals surface area contributed by atoms with Gasteiger partial charge < -0.3 is 4.74 Å². The van der Waals surface area contributed by atoms with E-state index in [1.807, 2.05) is 0 Å². The molecule has 0 aromatic carbocycles. The number of methoxy groups -OCH3 is 1. The first kappa shape index (κ1) is 12.2. The molecule has 0 aromatic heterocycles. The number of halogens is 1. The molecule has 0 spiro atoms. The standard InChI is InChI=1S/C14H15BrO3/c1-5-7-4-8-9(5)13(16)6(2)10(14(17)18-3)11(7)12(8)15/h7-9,11-12H,1,4H2,2-3H3. The molecule has 4 heteroatoms. The summed E-state index contributed by atoms with van der Waals surface area (Å²) in [5.41, 5.74) is 2.16. The summed E-state index contributed by atoms with van der Waals surface area (Å²) in [7, 11) is 1.37. The van der Waals surface area contributed by atoms with E-state index in [4.69, 9.17) is 4.74 Å². The number of carbonyl (C=O) groups is 2. The molecule has 0 aromatic rings. The van der Waals surface area contributed by atoms with Crippen LogP contribution in [0.4, 0.5) is 0 Å². The Labute approximate surface area is 114 Å². The van der Waals surface area contributed by atoms with E-state index in [9.17, 15) is 9.59 Å². The van der Waals surface area contributed by atoms with Gasteiger partial charge in [-0.1, -0.05) is 28.1 Å². The first-order valence-corrected chi connectivity index (χ1v) is 7.06. The normalized spacial score (nSPS) is 41.6. The quantitative estimate of drug-likeness (QED) is 0.424. The number of hydrogen-bond donors (Lipinski definition) is 0. The van der Waals surface area contributed by atoms with Crippen LogP contribution in [0.5, 0.6) is 0 Å². The van der Waals surface area contributed by atoms with E-state index in [0.717, 1.165) is 12.0 Å². The SMILES string of the molecule is C=C1C2CC3C1C(=O)C(C)=C(C(=O)OC)C2C3Br. The second-order valence-corrected chi connectivity index (χ2v) is 6.48. The smallest absolute Gasteiger partial charge is 0.334 e. The molecular weight excluding hydrogens is 296 g/mol. The van der Waals surface area contributed by atoms with E-state index in [-0.39, 0.29) is 40.3 Å². The Morgan fingerprint density at radius 3 is 2.78 bits per heavy atom. The van der Waals surface area contributed by atoms with Crippen LogP contribution in [0.15, 0.2) is 23.3 Å². The fourth-order valence-corrected chi connectivity index (χ4v) is 5.16. The Bertz CT molecular complexity index is 505. The molecule has 0 heterocycles. The summed E-state index contributed by atoms with van der Waals surface area (Å²) in [6, 6.07) is 0. The van der Waals surface area contributed by atoms with Crippen LogP contribution in [-0.4, -0.2) is 23.7 Å². The number of ether oxygens (including phenoxy) is 1. The fraction of sp³-hybridized carbons (Fsp3) is 0.571. The van der Waals surface area contributed by atoms with Gasteiger partial charge >= 0.3 is 5.97 Å². The van der Waals surface area contributed by atoms with Crippen molar-refractivity contribution in [1.29, 1.82) is 0 Å². The lowest BCUT2D eigenvalue weighted by atomic mass is 9.78. The highest BCUT2D eigenvalue weighted by Gasteiger charge is 2.60. The van der Waals surface area contributed by atoms with Crippen LogP contribution in [0.2, 0.25) is 0 Å². The van der Waals surface area contributed by atoms with Crippen LogP contribution in [0.3, 0.4) is 0 Å². The van der Waals surface area contributed by atoms with Crippen molar-refractivity contribution in [2.75, 3.05) is 7.11 Å². The first-order valence-electron chi connectivity index (χ1n) is 6.15. The zero-order valence-corrected chi connectivity index (χ0v) is 12.0. The first-order chi connectivity index (χ1) is 8.49. The highest BCUT2D eigenvalue weighted by atomic mass is 79.9. The minimum Gasteiger partial charge on any atom is -0.466 e. The summed E-state index contributed by atoms with van der Waals surface area (Å²) < 4.78 is 4.87. The largest absolute Gasteiger partial charge is 0.466 e. The van der Waals surface area contributed by atoms with Crippen molar-refractivity contribution < 1.29 is 14.3 Å². The van der Waals surface area contributed by atoms with Crippen molar-refractivity contribution in [3.05, 3.63) is 23.3 Å². The van der Waals surface area contributed by atoms with Crippen LogP contribution in [-0.2, 0) is 14.3 Å². The Hall–Kier alpha value is -0.900. The van der Waals surface area contributed by atoms with Gasteiger partial charge in [-0.05, 0) is 25.2 Å². The summed E-state index contributed by atoms with van der Waals surface area (Å²) in [5, 5.41) is 0. The second kappa shape index (κ2) is 3.80. The zero-order valence-electron chi connectivity index (χ0n) is 10.4. The molecule has 4 aliphatic rings. The predicted molar refractivity (Wildman–Crippen MR) is 70.2 cm³/mol. The molecule has 3 nitrogen and oxygen atoms in total. The van der Waals surface area contributed by atoms with Crippen LogP contribution in [0, 0.1) is 23.7 Å². The van der Waals surface area contributed by atoms with Gasteiger partial charge in [0.25, 0.3) is 0 Å². The summed E-state index contributed by atoms with van der Waals surface area (Å²) in [6.07, 6.45) is 0.962. The maximum absolute atomic E-state index is 12.5. The molecule has 96 valence electrons. The highest BCUT2D eigenvalue weighted by Crippen LogP contribution is 2.62. The molecule has 4 bridgehead atoms. The van der Waals surface area contributed by atoms with E-state index < -0.39 is 0 Å². The van der Waals surface area contributed by atoms with Gasteiger partial charge in [-0.15, -0.1) is 0 Å². The summed E-state index contributed by atoms with van der Waals surface area (Å²) in [5.74, 6) is 0.195. The third kappa shape index (κ3) is 1.25. The predicted octanol–water partition coefficient (Wildman–Crippen LogP) is 2.26. The molecule has 2 fully saturated rings. The fourth-order valence-electron chi connectivity index (χ4n) is 4.00. The molecule has 5 unspecified atom stereocenters. The third-order valence-corrected chi connectivity index (χ3v) is 6.06. The van der Waals surface area contributed by atoms with E-state index in [2.05, 4.69) is 22.5 Å². The molecule has 2 saturated carbocycles. The molecule has 18 heavy (non-hydrogen) atoms. The molecule has 0 aliphatic heterocycles. The zero-order chi connectivity index (χ0) is 13.2. The van der Waals surface area contributed by atoms with Gasteiger partial charge in [-0.3, -0.25) is 4.79 Å². The maximum atomic E-state index is 12.5. The monoisotopic (exact) mass is 310 g/mol. The number of ketones is 1. The lowest BCUT2D eigenvalue weighted by Crippen LogP contribution is -2.32. The van der Waals surface area contributed by atoms with Gasteiger partial charge in [0.1, 0.15) is 0 Å². The summed E-state index contributed by atoms with van der Waals surface area (Å²) >= 11 is 3.69. The number of carbonyl (C=O) groups excluding carboxylic acids is 2. The van der Waals surface area contributed by atoms with Crippen molar-refractivity contribution in [2.24, 2.45) is 23.7 Å². The topological polar surface area (TPSA) is 43.4 Å². The van der Waals surface area contributed by atoms with Crippen molar-refractivity contribution in [2.45, 2.75) is 18.2 Å². The van der Waals surface area contributed by atoms with E-state index in [0.29, 0.717) is 11.1 Å².